The number of morpholine rings is 1. The summed E-state index contributed by atoms with van der Waals surface area (Å²) >= 11 is 0. The molecule has 3 aromatic carbocycles. The molecule has 0 unspecified atom stereocenters. The molecule has 1 aliphatic rings. The molecule has 0 atom stereocenters. The Hall–Kier alpha value is -3.23. The van der Waals surface area contributed by atoms with Crippen LogP contribution in [-0.4, -0.2) is 80.0 Å². The molecule has 0 aromatic heterocycles. The Bertz CT molecular complexity index is 1150. The van der Waals surface area contributed by atoms with E-state index in [1.807, 2.05) is 36.4 Å². The van der Waals surface area contributed by atoms with Crippen molar-refractivity contribution in [2.45, 2.75) is 6.92 Å². The second-order valence-corrected chi connectivity index (χ2v) is 8.95. The minimum Gasteiger partial charge on any atom is -0.489 e. The fraction of sp³-hybridized carbons (Fsp3) is 0.345. The number of carbonyl (C=O) groups is 1. The normalized spacial score (nSPS) is 14.8. The van der Waals surface area contributed by atoms with E-state index in [0.29, 0.717) is 12.2 Å². The molecule has 1 fully saturated rings. The van der Waals surface area contributed by atoms with Crippen molar-refractivity contribution in [2.75, 3.05) is 59.1 Å². The SMILES string of the molecule is CCN(CCN1CCOCC1)C/C(=C/c1ccc(C(=O)NO)cc1)COc1cccc2ccccc12. The van der Waals surface area contributed by atoms with Gasteiger partial charge in [0.2, 0.25) is 0 Å². The number of hydrogen-bond donors (Lipinski definition) is 2. The third-order valence-electron chi connectivity index (χ3n) is 6.52. The minimum atomic E-state index is -0.523. The number of amides is 1. The van der Waals surface area contributed by atoms with Gasteiger partial charge < -0.3 is 9.47 Å². The van der Waals surface area contributed by atoms with Crippen molar-refractivity contribution in [3.05, 3.63) is 83.4 Å². The van der Waals surface area contributed by atoms with E-state index in [9.17, 15) is 4.79 Å². The van der Waals surface area contributed by atoms with Crippen LogP contribution in [0.1, 0.15) is 22.8 Å². The summed E-state index contributed by atoms with van der Waals surface area (Å²) in [5.41, 5.74) is 4.20. The maximum atomic E-state index is 11.7. The number of nitrogens with zero attached hydrogens (tertiary/aromatic N) is 2. The number of likely N-dealkylation sites (N-methyl/N-ethyl adjacent to an activating group) is 1. The number of ether oxygens (including phenoxy) is 2. The third kappa shape index (κ3) is 7.15. The topological polar surface area (TPSA) is 74.3 Å². The summed E-state index contributed by atoms with van der Waals surface area (Å²) in [5.74, 6) is 0.343. The average molecular weight is 490 g/mol. The number of benzene rings is 3. The zero-order valence-corrected chi connectivity index (χ0v) is 20.9. The molecule has 0 saturated carbocycles. The van der Waals surface area contributed by atoms with Gasteiger partial charge in [0.15, 0.2) is 0 Å². The average Bonchev–Trinajstić information content (AvgIpc) is 2.94. The Balaban J connectivity index is 1.50. The fourth-order valence-corrected chi connectivity index (χ4v) is 4.40. The van der Waals surface area contributed by atoms with Gasteiger partial charge in [-0.15, -0.1) is 0 Å². The number of nitrogens with one attached hydrogen (secondary N) is 1. The Kier molecular flexibility index (Phi) is 9.47. The summed E-state index contributed by atoms with van der Waals surface area (Å²) in [7, 11) is 0. The Morgan fingerprint density at radius 1 is 1.08 bits per heavy atom. The van der Waals surface area contributed by atoms with Gasteiger partial charge >= 0.3 is 0 Å². The molecular formula is C29H35N3O4. The first-order valence-corrected chi connectivity index (χ1v) is 12.5. The molecule has 7 nitrogen and oxygen atoms in total. The first-order valence-electron chi connectivity index (χ1n) is 12.5. The lowest BCUT2D eigenvalue weighted by Crippen LogP contribution is -2.42. The predicted molar refractivity (Wildman–Crippen MR) is 142 cm³/mol. The molecule has 1 aliphatic heterocycles. The largest absolute Gasteiger partial charge is 0.489 e. The summed E-state index contributed by atoms with van der Waals surface area (Å²) in [6, 6.07) is 21.5. The zero-order chi connectivity index (χ0) is 25.2. The van der Waals surface area contributed by atoms with E-state index in [-0.39, 0.29) is 0 Å². The standard InChI is InChI=1S/C29H35N3O4/c1-2-31(14-15-32-16-18-35-19-17-32)21-24(20-23-10-12-26(13-11-23)29(33)30-34)22-36-28-9-5-7-25-6-3-4-8-27(25)28/h3-13,20,34H,2,14-19,21-22H2,1H3,(H,30,33)/b24-20-. The molecule has 4 rings (SSSR count). The van der Waals surface area contributed by atoms with Crippen LogP contribution in [0.5, 0.6) is 5.75 Å². The molecule has 190 valence electrons. The number of fused-ring (bicyclic) bond motifs is 1. The number of carbonyl (C=O) groups excluding carboxylic acids is 1. The minimum absolute atomic E-state index is 0.406. The van der Waals surface area contributed by atoms with Gasteiger partial charge in [0.25, 0.3) is 5.91 Å². The fourth-order valence-electron chi connectivity index (χ4n) is 4.40. The van der Waals surface area contributed by atoms with Crippen molar-refractivity contribution in [1.82, 2.24) is 15.3 Å². The first kappa shape index (κ1) is 25.9. The van der Waals surface area contributed by atoms with E-state index >= 15 is 0 Å². The highest BCUT2D eigenvalue weighted by Crippen LogP contribution is 2.26. The summed E-state index contributed by atoms with van der Waals surface area (Å²) in [5, 5.41) is 11.1. The highest BCUT2D eigenvalue weighted by atomic mass is 16.5. The summed E-state index contributed by atoms with van der Waals surface area (Å²) in [6.45, 7) is 9.93. The molecule has 1 amide bonds. The van der Waals surface area contributed by atoms with Crippen LogP contribution in [0.15, 0.2) is 72.3 Å². The lowest BCUT2D eigenvalue weighted by molar-refractivity contribution is 0.0339. The molecule has 36 heavy (non-hydrogen) atoms. The van der Waals surface area contributed by atoms with Gasteiger partial charge in [-0.1, -0.05) is 61.5 Å². The van der Waals surface area contributed by atoms with Crippen molar-refractivity contribution in [3.63, 3.8) is 0 Å². The summed E-state index contributed by atoms with van der Waals surface area (Å²) < 4.78 is 11.8. The van der Waals surface area contributed by atoms with E-state index in [4.69, 9.17) is 14.7 Å². The van der Waals surface area contributed by atoms with Crippen molar-refractivity contribution >= 4 is 22.8 Å². The maximum Gasteiger partial charge on any atom is 0.274 e. The molecule has 1 saturated heterocycles. The monoisotopic (exact) mass is 489 g/mol. The number of hydrogen-bond acceptors (Lipinski definition) is 6. The second kappa shape index (κ2) is 13.2. The van der Waals surface area contributed by atoms with Gasteiger partial charge in [0, 0.05) is 43.7 Å². The molecule has 7 heteroatoms. The molecular weight excluding hydrogens is 454 g/mol. The molecule has 2 N–H and O–H groups in total. The predicted octanol–water partition coefficient (Wildman–Crippen LogP) is 4.08. The third-order valence-corrected chi connectivity index (χ3v) is 6.52. The van der Waals surface area contributed by atoms with Crippen molar-refractivity contribution in [3.8, 4) is 5.75 Å². The van der Waals surface area contributed by atoms with Crippen LogP contribution in [0.3, 0.4) is 0 Å². The van der Waals surface area contributed by atoms with Gasteiger partial charge in [-0.25, -0.2) is 5.48 Å². The molecule has 0 spiro atoms. The Morgan fingerprint density at radius 2 is 1.83 bits per heavy atom. The van der Waals surface area contributed by atoms with Crippen molar-refractivity contribution < 1.29 is 19.5 Å². The zero-order valence-electron chi connectivity index (χ0n) is 20.9. The van der Waals surface area contributed by atoms with Crippen LogP contribution in [0.4, 0.5) is 0 Å². The summed E-state index contributed by atoms with van der Waals surface area (Å²) in [4.78, 5) is 16.6. The number of rotatable bonds is 11. The second-order valence-electron chi connectivity index (χ2n) is 8.95. The first-order chi connectivity index (χ1) is 17.7. The Morgan fingerprint density at radius 3 is 2.58 bits per heavy atom. The molecule has 0 aliphatic carbocycles. The van der Waals surface area contributed by atoms with Crippen LogP contribution in [0.25, 0.3) is 16.8 Å². The maximum absolute atomic E-state index is 11.7. The highest BCUT2D eigenvalue weighted by Gasteiger charge is 2.14. The van der Waals surface area contributed by atoms with Gasteiger partial charge in [0.1, 0.15) is 12.4 Å². The van der Waals surface area contributed by atoms with Crippen LogP contribution >= 0.6 is 0 Å². The van der Waals surface area contributed by atoms with Gasteiger partial charge in [-0.2, -0.15) is 0 Å². The van der Waals surface area contributed by atoms with E-state index in [1.165, 1.54) is 0 Å². The summed E-state index contributed by atoms with van der Waals surface area (Å²) in [6.07, 6.45) is 2.13. The van der Waals surface area contributed by atoms with Gasteiger partial charge in [-0.05, 0) is 41.3 Å². The lowest BCUT2D eigenvalue weighted by Gasteiger charge is -2.30. The van der Waals surface area contributed by atoms with Crippen molar-refractivity contribution in [2.24, 2.45) is 0 Å². The van der Waals surface area contributed by atoms with Crippen LogP contribution in [-0.2, 0) is 4.74 Å². The van der Waals surface area contributed by atoms with E-state index in [1.54, 1.807) is 17.6 Å². The lowest BCUT2D eigenvalue weighted by atomic mass is 10.1. The van der Waals surface area contributed by atoms with Crippen LogP contribution in [0.2, 0.25) is 0 Å². The molecule has 1 heterocycles. The van der Waals surface area contributed by atoms with Crippen LogP contribution in [0, 0.1) is 0 Å². The van der Waals surface area contributed by atoms with E-state index in [0.717, 1.165) is 80.1 Å². The molecule has 3 aromatic rings. The molecule has 0 bridgehead atoms. The Labute approximate surface area is 212 Å². The van der Waals surface area contributed by atoms with E-state index < -0.39 is 5.91 Å². The molecule has 0 radical (unpaired) electrons. The van der Waals surface area contributed by atoms with Crippen molar-refractivity contribution in [1.29, 1.82) is 0 Å². The van der Waals surface area contributed by atoms with Crippen LogP contribution < -0.4 is 10.2 Å². The van der Waals surface area contributed by atoms with E-state index in [2.05, 4.69) is 41.0 Å². The quantitative estimate of drug-likeness (QED) is 0.312. The number of hydroxylamine groups is 1. The van der Waals surface area contributed by atoms with Gasteiger partial charge in [-0.3, -0.25) is 19.8 Å². The van der Waals surface area contributed by atoms with Gasteiger partial charge in [0.05, 0.1) is 13.2 Å². The smallest absolute Gasteiger partial charge is 0.274 e. The highest BCUT2D eigenvalue weighted by molar-refractivity contribution is 5.93.